The lowest BCUT2D eigenvalue weighted by Crippen LogP contribution is -2.58. The maximum absolute atomic E-state index is 13.7. The summed E-state index contributed by atoms with van der Waals surface area (Å²) >= 11 is 0. The molecule has 0 aromatic heterocycles. The SMILES string of the molecule is CCOc1ccccc1NC(=O)C12C[C@@H]3C[C@@H](C1)CC(c1ccc(C)cc1)(C3)C2. The molecular formula is C26H31NO2. The molecule has 4 aliphatic rings. The highest BCUT2D eigenvalue weighted by molar-refractivity contribution is 5.97. The van der Waals surface area contributed by atoms with E-state index in [9.17, 15) is 4.79 Å². The second-order valence-corrected chi connectivity index (χ2v) is 9.77. The number of nitrogens with one attached hydrogen (secondary N) is 1. The molecule has 6 rings (SSSR count). The normalized spacial score (nSPS) is 32.2. The number of ether oxygens (including phenoxy) is 1. The number of carbonyl (C=O) groups excluding carboxylic acids is 1. The fraction of sp³-hybridized carbons (Fsp3) is 0.500. The molecule has 29 heavy (non-hydrogen) atoms. The van der Waals surface area contributed by atoms with Crippen LogP contribution in [0.2, 0.25) is 0 Å². The predicted octanol–water partition coefficient (Wildman–Crippen LogP) is 5.87. The zero-order chi connectivity index (χ0) is 20.1. The Morgan fingerprint density at radius 2 is 1.72 bits per heavy atom. The van der Waals surface area contributed by atoms with Gasteiger partial charge < -0.3 is 10.1 Å². The molecule has 1 N–H and O–H groups in total. The number of rotatable bonds is 5. The molecule has 0 saturated heterocycles. The van der Waals surface area contributed by atoms with Crippen LogP contribution in [0.4, 0.5) is 5.69 Å². The van der Waals surface area contributed by atoms with Crippen LogP contribution >= 0.6 is 0 Å². The summed E-state index contributed by atoms with van der Waals surface area (Å²) in [5, 5.41) is 3.27. The molecule has 1 amide bonds. The molecule has 4 saturated carbocycles. The maximum Gasteiger partial charge on any atom is 0.230 e. The van der Waals surface area contributed by atoms with Crippen LogP contribution < -0.4 is 10.1 Å². The van der Waals surface area contributed by atoms with E-state index in [0.717, 1.165) is 30.7 Å². The first-order valence-corrected chi connectivity index (χ1v) is 11.1. The molecule has 2 aromatic carbocycles. The van der Waals surface area contributed by atoms with E-state index < -0.39 is 0 Å². The summed E-state index contributed by atoms with van der Waals surface area (Å²) in [6.45, 7) is 4.72. The predicted molar refractivity (Wildman–Crippen MR) is 116 cm³/mol. The highest BCUT2D eigenvalue weighted by Gasteiger charge is 2.60. The van der Waals surface area contributed by atoms with Crippen molar-refractivity contribution in [3.05, 3.63) is 59.7 Å². The van der Waals surface area contributed by atoms with E-state index in [1.165, 1.54) is 30.4 Å². The second kappa shape index (κ2) is 6.90. The van der Waals surface area contributed by atoms with Crippen molar-refractivity contribution in [1.29, 1.82) is 0 Å². The Hall–Kier alpha value is -2.29. The minimum Gasteiger partial charge on any atom is -0.492 e. The van der Waals surface area contributed by atoms with Crippen LogP contribution in [0.15, 0.2) is 48.5 Å². The first kappa shape index (κ1) is 18.7. The van der Waals surface area contributed by atoms with E-state index in [1.54, 1.807) is 0 Å². The number of anilines is 1. The van der Waals surface area contributed by atoms with E-state index >= 15 is 0 Å². The zero-order valence-corrected chi connectivity index (χ0v) is 17.5. The van der Waals surface area contributed by atoms with Gasteiger partial charge in [0, 0.05) is 0 Å². The number of hydrogen-bond acceptors (Lipinski definition) is 2. The molecule has 0 heterocycles. The zero-order valence-electron chi connectivity index (χ0n) is 17.5. The molecule has 0 radical (unpaired) electrons. The van der Waals surface area contributed by atoms with Crippen LogP contribution in [-0.2, 0) is 10.2 Å². The smallest absolute Gasteiger partial charge is 0.230 e. The van der Waals surface area contributed by atoms with Crippen molar-refractivity contribution in [3.8, 4) is 5.75 Å². The molecule has 0 aliphatic heterocycles. The largest absolute Gasteiger partial charge is 0.492 e. The number of amides is 1. The fourth-order valence-electron chi connectivity index (χ4n) is 6.88. The first-order chi connectivity index (χ1) is 14.0. The molecule has 4 bridgehead atoms. The number of benzene rings is 2. The molecule has 0 spiro atoms. The Labute approximate surface area is 173 Å². The lowest BCUT2D eigenvalue weighted by molar-refractivity contribution is -0.143. The Bertz CT molecular complexity index is 903. The summed E-state index contributed by atoms with van der Waals surface area (Å²) in [7, 11) is 0. The molecular weight excluding hydrogens is 358 g/mol. The van der Waals surface area contributed by atoms with Gasteiger partial charge in [-0.1, -0.05) is 42.0 Å². The third kappa shape index (κ3) is 3.15. The van der Waals surface area contributed by atoms with Gasteiger partial charge in [0.05, 0.1) is 17.7 Å². The summed E-state index contributed by atoms with van der Waals surface area (Å²) in [6, 6.07) is 16.9. The molecule has 2 atom stereocenters. The van der Waals surface area contributed by atoms with Gasteiger partial charge in [0.1, 0.15) is 5.75 Å². The summed E-state index contributed by atoms with van der Waals surface area (Å²) < 4.78 is 5.74. The van der Waals surface area contributed by atoms with Crippen LogP contribution in [0, 0.1) is 24.2 Å². The van der Waals surface area contributed by atoms with Gasteiger partial charge in [0.2, 0.25) is 5.91 Å². The topological polar surface area (TPSA) is 38.3 Å². The average molecular weight is 390 g/mol. The molecule has 3 heteroatoms. The maximum atomic E-state index is 13.7. The number of carbonyl (C=O) groups is 1. The Balaban J connectivity index is 1.46. The van der Waals surface area contributed by atoms with Gasteiger partial charge >= 0.3 is 0 Å². The van der Waals surface area contributed by atoms with Crippen LogP contribution in [0.1, 0.15) is 56.6 Å². The minimum absolute atomic E-state index is 0.175. The minimum atomic E-state index is -0.242. The number of aryl methyl sites for hydroxylation is 1. The van der Waals surface area contributed by atoms with Crippen molar-refractivity contribution < 1.29 is 9.53 Å². The van der Waals surface area contributed by atoms with Gasteiger partial charge in [0.25, 0.3) is 0 Å². The molecule has 3 nitrogen and oxygen atoms in total. The van der Waals surface area contributed by atoms with Crippen molar-refractivity contribution in [2.24, 2.45) is 17.3 Å². The Morgan fingerprint density at radius 3 is 2.41 bits per heavy atom. The first-order valence-electron chi connectivity index (χ1n) is 11.1. The van der Waals surface area contributed by atoms with Gasteiger partial charge in [-0.2, -0.15) is 0 Å². The number of para-hydroxylation sites is 2. The van der Waals surface area contributed by atoms with E-state index in [1.807, 2.05) is 31.2 Å². The Morgan fingerprint density at radius 1 is 1.03 bits per heavy atom. The highest BCUT2D eigenvalue weighted by atomic mass is 16.5. The molecule has 4 aliphatic carbocycles. The molecule has 4 fully saturated rings. The van der Waals surface area contributed by atoms with Crippen LogP contribution in [0.25, 0.3) is 0 Å². The highest BCUT2D eigenvalue weighted by Crippen LogP contribution is 2.66. The van der Waals surface area contributed by atoms with Gasteiger partial charge in [-0.05, 0) is 87.3 Å². The lowest BCUT2D eigenvalue weighted by Gasteiger charge is -2.61. The van der Waals surface area contributed by atoms with Gasteiger partial charge in [-0.25, -0.2) is 0 Å². The third-order valence-corrected chi connectivity index (χ3v) is 7.64. The van der Waals surface area contributed by atoms with Crippen molar-refractivity contribution in [1.82, 2.24) is 0 Å². The van der Waals surface area contributed by atoms with Gasteiger partial charge in [-0.3, -0.25) is 4.79 Å². The van der Waals surface area contributed by atoms with Crippen molar-refractivity contribution in [2.45, 2.75) is 57.8 Å². The summed E-state index contributed by atoms with van der Waals surface area (Å²) in [4.78, 5) is 13.7. The van der Waals surface area contributed by atoms with Gasteiger partial charge in [0.15, 0.2) is 0 Å². The van der Waals surface area contributed by atoms with E-state index in [-0.39, 0.29) is 16.7 Å². The second-order valence-electron chi connectivity index (χ2n) is 9.77. The third-order valence-electron chi connectivity index (χ3n) is 7.64. The Kier molecular flexibility index (Phi) is 4.45. The van der Waals surface area contributed by atoms with Gasteiger partial charge in [-0.15, -0.1) is 0 Å². The van der Waals surface area contributed by atoms with E-state index in [4.69, 9.17) is 4.74 Å². The summed E-state index contributed by atoms with van der Waals surface area (Å²) in [5.74, 6) is 2.31. The average Bonchev–Trinajstić information content (AvgIpc) is 2.69. The summed E-state index contributed by atoms with van der Waals surface area (Å²) in [6.07, 6.45) is 6.87. The van der Waals surface area contributed by atoms with Crippen LogP contribution in [-0.4, -0.2) is 12.5 Å². The monoisotopic (exact) mass is 389 g/mol. The summed E-state index contributed by atoms with van der Waals surface area (Å²) in [5.41, 5.74) is 3.49. The number of hydrogen-bond donors (Lipinski definition) is 1. The van der Waals surface area contributed by atoms with Crippen molar-refractivity contribution in [3.63, 3.8) is 0 Å². The molecule has 2 aromatic rings. The standard InChI is InChI=1S/C26H31NO2/c1-3-29-23-7-5-4-6-22(23)27-24(28)26-15-19-12-20(16-26)14-25(13-19,17-26)21-10-8-18(2)9-11-21/h4-11,19-20H,3,12-17H2,1-2H3,(H,27,28)/t19-,20-,25?,26?/m1/s1. The lowest BCUT2D eigenvalue weighted by atomic mass is 9.42. The van der Waals surface area contributed by atoms with E-state index in [2.05, 4.69) is 36.5 Å². The van der Waals surface area contributed by atoms with Crippen LogP contribution in [0.3, 0.4) is 0 Å². The fourth-order valence-corrected chi connectivity index (χ4v) is 6.88. The van der Waals surface area contributed by atoms with Crippen LogP contribution in [0.5, 0.6) is 5.75 Å². The quantitative estimate of drug-likeness (QED) is 0.694. The van der Waals surface area contributed by atoms with Crippen molar-refractivity contribution in [2.75, 3.05) is 11.9 Å². The molecule has 152 valence electrons. The van der Waals surface area contributed by atoms with Crippen molar-refractivity contribution >= 4 is 11.6 Å². The van der Waals surface area contributed by atoms with E-state index in [0.29, 0.717) is 18.4 Å². The molecule has 0 unspecified atom stereocenters.